The van der Waals surface area contributed by atoms with Crippen molar-refractivity contribution in [3.8, 4) is 17.1 Å². The fraction of sp³-hybridized carbons (Fsp3) is 0.385. The summed E-state index contributed by atoms with van der Waals surface area (Å²) in [4.78, 5) is 4.43. The van der Waals surface area contributed by atoms with Crippen LogP contribution in [0.5, 0.6) is 5.75 Å². The van der Waals surface area contributed by atoms with Gasteiger partial charge in [0, 0.05) is 6.42 Å². The van der Waals surface area contributed by atoms with E-state index in [0.29, 0.717) is 18.8 Å². The normalized spacial score (nSPS) is 10.7. The number of aromatic nitrogens is 3. The molecule has 5 heteroatoms. The van der Waals surface area contributed by atoms with Crippen LogP contribution in [0.15, 0.2) is 12.1 Å². The zero-order valence-corrected chi connectivity index (χ0v) is 10.9. The van der Waals surface area contributed by atoms with E-state index < -0.39 is 0 Å². The number of methoxy groups -OCH3 is 1. The van der Waals surface area contributed by atoms with Crippen molar-refractivity contribution in [3.05, 3.63) is 29.1 Å². The molecule has 0 atom stereocenters. The van der Waals surface area contributed by atoms with Crippen molar-refractivity contribution >= 4 is 0 Å². The summed E-state index contributed by atoms with van der Waals surface area (Å²) in [6.07, 6.45) is 0.695. The third-order valence-corrected chi connectivity index (χ3v) is 2.78. The van der Waals surface area contributed by atoms with Gasteiger partial charge < -0.3 is 10.5 Å². The van der Waals surface area contributed by atoms with E-state index in [2.05, 4.69) is 21.2 Å². The van der Waals surface area contributed by atoms with E-state index in [0.717, 1.165) is 28.3 Å². The first-order chi connectivity index (χ1) is 8.65. The summed E-state index contributed by atoms with van der Waals surface area (Å²) in [6, 6.07) is 4.11. The van der Waals surface area contributed by atoms with Crippen LogP contribution in [0.3, 0.4) is 0 Å². The molecule has 0 aliphatic rings. The fourth-order valence-corrected chi connectivity index (χ4v) is 2.06. The topological polar surface area (TPSA) is 76.8 Å². The van der Waals surface area contributed by atoms with Gasteiger partial charge in [0.15, 0.2) is 5.82 Å². The largest absolute Gasteiger partial charge is 0.496 e. The predicted octanol–water partition coefficient (Wildman–Crippen LogP) is 1.60. The summed E-state index contributed by atoms with van der Waals surface area (Å²) in [5, 5.41) is 7.12. The van der Waals surface area contributed by atoms with Crippen molar-refractivity contribution in [2.75, 3.05) is 13.7 Å². The smallest absolute Gasteiger partial charge is 0.184 e. The van der Waals surface area contributed by atoms with Gasteiger partial charge in [0.25, 0.3) is 0 Å². The fourth-order valence-electron chi connectivity index (χ4n) is 2.06. The van der Waals surface area contributed by atoms with Gasteiger partial charge in [-0.2, -0.15) is 5.10 Å². The van der Waals surface area contributed by atoms with E-state index in [9.17, 15) is 0 Å². The average Bonchev–Trinajstić information content (AvgIpc) is 2.77. The lowest BCUT2D eigenvalue weighted by atomic mass is 10.1. The van der Waals surface area contributed by atoms with Crippen LogP contribution in [-0.4, -0.2) is 28.8 Å². The van der Waals surface area contributed by atoms with Crippen molar-refractivity contribution in [2.45, 2.75) is 20.3 Å². The molecule has 1 aromatic carbocycles. The maximum absolute atomic E-state index is 5.50. The van der Waals surface area contributed by atoms with Crippen LogP contribution in [0.2, 0.25) is 0 Å². The summed E-state index contributed by atoms with van der Waals surface area (Å²) < 4.78 is 5.44. The summed E-state index contributed by atoms with van der Waals surface area (Å²) in [7, 11) is 1.66. The number of aryl methyl sites for hydroxylation is 2. The van der Waals surface area contributed by atoms with Crippen molar-refractivity contribution in [1.29, 1.82) is 0 Å². The van der Waals surface area contributed by atoms with Crippen molar-refractivity contribution < 1.29 is 4.74 Å². The minimum atomic E-state index is 0.554. The van der Waals surface area contributed by atoms with E-state index in [1.54, 1.807) is 7.11 Å². The van der Waals surface area contributed by atoms with Gasteiger partial charge in [0.2, 0.25) is 0 Å². The molecule has 0 radical (unpaired) electrons. The van der Waals surface area contributed by atoms with Gasteiger partial charge in [-0.3, -0.25) is 5.10 Å². The molecule has 2 rings (SSSR count). The average molecular weight is 246 g/mol. The minimum absolute atomic E-state index is 0.554. The van der Waals surface area contributed by atoms with E-state index >= 15 is 0 Å². The molecule has 0 saturated carbocycles. The van der Waals surface area contributed by atoms with Crippen LogP contribution in [0.1, 0.15) is 17.0 Å². The molecule has 5 nitrogen and oxygen atoms in total. The molecule has 2 aromatic rings. The zero-order valence-electron chi connectivity index (χ0n) is 10.9. The molecule has 0 bridgehead atoms. The first-order valence-electron chi connectivity index (χ1n) is 5.92. The van der Waals surface area contributed by atoms with Crippen molar-refractivity contribution in [2.24, 2.45) is 5.73 Å². The second kappa shape index (κ2) is 5.18. The number of nitrogens with zero attached hydrogens (tertiary/aromatic N) is 2. The number of aromatic amines is 1. The molecule has 1 aromatic heterocycles. The lowest BCUT2D eigenvalue weighted by Gasteiger charge is -2.10. The SMILES string of the molecule is COc1c(C)cc(C)cc1-c1n[nH]c(CCN)n1. The van der Waals surface area contributed by atoms with Gasteiger partial charge in [-0.1, -0.05) is 6.07 Å². The molecule has 0 aliphatic carbocycles. The third-order valence-electron chi connectivity index (χ3n) is 2.78. The second-order valence-electron chi connectivity index (χ2n) is 4.31. The van der Waals surface area contributed by atoms with Gasteiger partial charge in [-0.15, -0.1) is 0 Å². The van der Waals surface area contributed by atoms with Crippen LogP contribution in [0.25, 0.3) is 11.4 Å². The highest BCUT2D eigenvalue weighted by Crippen LogP contribution is 2.31. The van der Waals surface area contributed by atoms with Gasteiger partial charge in [-0.05, 0) is 37.6 Å². The van der Waals surface area contributed by atoms with E-state index in [1.807, 2.05) is 19.9 Å². The Morgan fingerprint density at radius 2 is 2.11 bits per heavy atom. The Morgan fingerprint density at radius 1 is 1.33 bits per heavy atom. The van der Waals surface area contributed by atoms with Crippen molar-refractivity contribution in [3.63, 3.8) is 0 Å². The number of hydrogen-bond acceptors (Lipinski definition) is 4. The summed E-state index contributed by atoms with van der Waals surface area (Å²) >= 11 is 0. The van der Waals surface area contributed by atoms with E-state index in [1.165, 1.54) is 0 Å². The quantitative estimate of drug-likeness (QED) is 0.859. The molecule has 18 heavy (non-hydrogen) atoms. The van der Waals surface area contributed by atoms with Gasteiger partial charge >= 0.3 is 0 Å². The zero-order chi connectivity index (χ0) is 13.1. The van der Waals surface area contributed by atoms with Crippen LogP contribution < -0.4 is 10.5 Å². The Kier molecular flexibility index (Phi) is 3.62. The number of rotatable bonds is 4. The van der Waals surface area contributed by atoms with Gasteiger partial charge in [-0.25, -0.2) is 4.98 Å². The number of nitrogens with one attached hydrogen (secondary N) is 1. The molecule has 0 saturated heterocycles. The van der Waals surface area contributed by atoms with Crippen LogP contribution >= 0.6 is 0 Å². The highest BCUT2D eigenvalue weighted by atomic mass is 16.5. The number of ether oxygens (including phenoxy) is 1. The predicted molar refractivity (Wildman–Crippen MR) is 70.6 cm³/mol. The monoisotopic (exact) mass is 246 g/mol. The molecular weight excluding hydrogens is 228 g/mol. The molecular formula is C13H18N4O. The van der Waals surface area contributed by atoms with Crippen LogP contribution in [0, 0.1) is 13.8 Å². The Morgan fingerprint density at radius 3 is 2.78 bits per heavy atom. The lowest BCUT2D eigenvalue weighted by molar-refractivity contribution is 0.413. The summed E-state index contributed by atoms with van der Waals surface area (Å²) in [6.45, 7) is 4.62. The highest BCUT2D eigenvalue weighted by Gasteiger charge is 2.14. The molecule has 96 valence electrons. The lowest BCUT2D eigenvalue weighted by Crippen LogP contribution is -2.03. The Bertz CT molecular complexity index is 548. The summed E-state index contributed by atoms with van der Waals surface area (Å²) in [5.41, 5.74) is 8.65. The molecule has 0 aliphatic heterocycles. The standard InChI is InChI=1S/C13H18N4O/c1-8-6-9(2)12(18-3)10(7-8)13-15-11(4-5-14)16-17-13/h6-7H,4-5,14H2,1-3H3,(H,15,16,17). The maximum atomic E-state index is 5.50. The van der Waals surface area contributed by atoms with E-state index in [4.69, 9.17) is 10.5 Å². The molecule has 0 amide bonds. The first-order valence-corrected chi connectivity index (χ1v) is 5.92. The van der Waals surface area contributed by atoms with Crippen LogP contribution in [0.4, 0.5) is 0 Å². The number of hydrogen-bond donors (Lipinski definition) is 2. The second-order valence-corrected chi connectivity index (χ2v) is 4.31. The highest BCUT2D eigenvalue weighted by molar-refractivity contribution is 5.67. The van der Waals surface area contributed by atoms with Gasteiger partial charge in [0.1, 0.15) is 11.6 Å². The Balaban J connectivity index is 2.48. The minimum Gasteiger partial charge on any atom is -0.496 e. The Labute approximate surface area is 106 Å². The number of benzene rings is 1. The summed E-state index contributed by atoms with van der Waals surface area (Å²) in [5.74, 6) is 2.27. The third kappa shape index (κ3) is 2.36. The molecule has 3 N–H and O–H groups in total. The molecule has 1 heterocycles. The van der Waals surface area contributed by atoms with Crippen LogP contribution in [-0.2, 0) is 6.42 Å². The van der Waals surface area contributed by atoms with Crippen molar-refractivity contribution in [1.82, 2.24) is 15.2 Å². The van der Waals surface area contributed by atoms with E-state index in [-0.39, 0.29) is 0 Å². The number of H-pyrrole nitrogens is 1. The molecule has 0 spiro atoms. The molecule has 0 unspecified atom stereocenters. The number of nitrogens with two attached hydrogens (primary N) is 1. The first kappa shape index (κ1) is 12.6. The molecule has 0 fully saturated rings. The van der Waals surface area contributed by atoms with Gasteiger partial charge in [0.05, 0.1) is 12.7 Å². The maximum Gasteiger partial charge on any atom is 0.184 e. The Hall–Kier alpha value is -1.88.